The van der Waals surface area contributed by atoms with Crippen molar-refractivity contribution in [2.24, 2.45) is 4.99 Å². The molecule has 0 atom stereocenters. The smallest absolute Gasteiger partial charge is 0.363 e. The average molecular weight is 369 g/mol. The van der Waals surface area contributed by atoms with Gasteiger partial charge in [0.25, 0.3) is 0 Å². The number of hydrogen-bond donors (Lipinski definition) is 0. The van der Waals surface area contributed by atoms with Gasteiger partial charge in [-0.3, -0.25) is 4.79 Å². The first-order chi connectivity index (χ1) is 13.0. The minimum absolute atomic E-state index is 0.0335. The molecule has 2 aromatic carbocycles. The quantitative estimate of drug-likeness (QED) is 0.458. The van der Waals surface area contributed by atoms with Crippen LogP contribution >= 0.6 is 0 Å². The van der Waals surface area contributed by atoms with E-state index in [1.807, 2.05) is 0 Å². The predicted octanol–water partition coefficient (Wildman–Crippen LogP) is 3.49. The number of aliphatic imine (C=N–C) groups is 1. The molecule has 0 aromatic heterocycles. The van der Waals surface area contributed by atoms with Gasteiger partial charge in [-0.25, -0.2) is 14.2 Å². The van der Waals surface area contributed by atoms with Gasteiger partial charge >= 0.3 is 11.9 Å². The lowest BCUT2D eigenvalue weighted by Crippen LogP contribution is -2.06. The monoisotopic (exact) mass is 369 g/mol. The van der Waals surface area contributed by atoms with E-state index in [0.717, 1.165) is 0 Å². The van der Waals surface area contributed by atoms with Gasteiger partial charge in [0, 0.05) is 12.0 Å². The van der Waals surface area contributed by atoms with Gasteiger partial charge < -0.3 is 14.2 Å². The van der Waals surface area contributed by atoms with Crippen molar-refractivity contribution in [2.75, 3.05) is 7.11 Å². The fourth-order valence-electron chi connectivity index (χ4n) is 2.37. The van der Waals surface area contributed by atoms with Gasteiger partial charge in [0.15, 0.2) is 17.2 Å². The summed E-state index contributed by atoms with van der Waals surface area (Å²) in [4.78, 5) is 27.6. The van der Waals surface area contributed by atoms with E-state index in [4.69, 9.17) is 14.2 Å². The van der Waals surface area contributed by atoms with Crippen molar-refractivity contribution in [1.82, 2.24) is 0 Å². The van der Waals surface area contributed by atoms with Crippen molar-refractivity contribution in [3.63, 3.8) is 0 Å². The van der Waals surface area contributed by atoms with Crippen LogP contribution in [0, 0.1) is 5.82 Å². The summed E-state index contributed by atoms with van der Waals surface area (Å²) in [7, 11) is 1.44. The molecular formula is C20H16FNO5. The lowest BCUT2D eigenvalue weighted by molar-refractivity contribution is -0.134. The summed E-state index contributed by atoms with van der Waals surface area (Å²) in [6.07, 6.45) is 1.74. The number of esters is 2. The van der Waals surface area contributed by atoms with Crippen LogP contribution < -0.4 is 9.47 Å². The SMILES string of the molecule is CCC(=O)Oc1ccc(/C=C2/N=C(c3cccc(F)c3)OC2=O)cc1OC. The normalized spacial score (nSPS) is 14.7. The molecule has 0 amide bonds. The van der Waals surface area contributed by atoms with Gasteiger partial charge in [0.2, 0.25) is 5.90 Å². The van der Waals surface area contributed by atoms with Gasteiger partial charge in [-0.1, -0.05) is 19.1 Å². The Bertz CT molecular complexity index is 965. The number of carbonyl (C=O) groups is 2. The third kappa shape index (κ3) is 4.20. The molecule has 7 heteroatoms. The Morgan fingerprint density at radius 3 is 2.74 bits per heavy atom. The van der Waals surface area contributed by atoms with E-state index in [1.165, 1.54) is 31.4 Å². The van der Waals surface area contributed by atoms with Gasteiger partial charge in [-0.05, 0) is 42.0 Å². The molecule has 0 aliphatic carbocycles. The van der Waals surface area contributed by atoms with Crippen LogP contribution in [-0.4, -0.2) is 24.9 Å². The Hall–Kier alpha value is -3.48. The second-order valence-corrected chi connectivity index (χ2v) is 5.58. The number of rotatable bonds is 5. The summed E-state index contributed by atoms with van der Waals surface area (Å²) in [5.74, 6) is -0.828. The predicted molar refractivity (Wildman–Crippen MR) is 95.9 cm³/mol. The molecule has 0 unspecified atom stereocenters. The fraction of sp³-hybridized carbons (Fsp3) is 0.150. The molecule has 0 saturated carbocycles. The highest BCUT2D eigenvalue weighted by Gasteiger charge is 2.24. The Morgan fingerprint density at radius 1 is 1.22 bits per heavy atom. The van der Waals surface area contributed by atoms with E-state index in [2.05, 4.69) is 4.99 Å². The molecule has 1 aliphatic rings. The highest BCUT2D eigenvalue weighted by atomic mass is 19.1. The number of hydrogen-bond acceptors (Lipinski definition) is 6. The molecule has 2 aromatic rings. The summed E-state index contributed by atoms with van der Waals surface area (Å²) in [5, 5.41) is 0. The summed E-state index contributed by atoms with van der Waals surface area (Å²) in [6, 6.07) is 10.4. The molecule has 3 rings (SSSR count). The van der Waals surface area contributed by atoms with E-state index in [9.17, 15) is 14.0 Å². The third-order valence-corrected chi connectivity index (χ3v) is 3.70. The molecule has 1 aliphatic heterocycles. The second kappa shape index (κ2) is 7.82. The molecule has 138 valence electrons. The van der Waals surface area contributed by atoms with Gasteiger partial charge in [0.05, 0.1) is 7.11 Å². The first kappa shape index (κ1) is 18.3. The minimum Gasteiger partial charge on any atom is -0.493 e. The number of carbonyl (C=O) groups excluding carboxylic acids is 2. The van der Waals surface area contributed by atoms with E-state index < -0.39 is 11.8 Å². The van der Waals surface area contributed by atoms with Crippen molar-refractivity contribution in [3.05, 3.63) is 65.1 Å². The molecule has 6 nitrogen and oxygen atoms in total. The van der Waals surface area contributed by atoms with Crippen molar-refractivity contribution in [2.45, 2.75) is 13.3 Å². The van der Waals surface area contributed by atoms with Crippen molar-refractivity contribution < 1.29 is 28.2 Å². The molecule has 0 bridgehead atoms. The first-order valence-electron chi connectivity index (χ1n) is 8.17. The third-order valence-electron chi connectivity index (χ3n) is 3.70. The van der Waals surface area contributed by atoms with E-state index in [-0.39, 0.29) is 29.7 Å². The van der Waals surface area contributed by atoms with E-state index >= 15 is 0 Å². The molecule has 1 heterocycles. The number of halogens is 1. The molecule has 0 radical (unpaired) electrons. The molecule has 0 saturated heterocycles. The highest BCUT2D eigenvalue weighted by Crippen LogP contribution is 2.30. The van der Waals surface area contributed by atoms with Crippen molar-refractivity contribution in [3.8, 4) is 11.5 Å². The Morgan fingerprint density at radius 2 is 2.04 bits per heavy atom. The van der Waals surface area contributed by atoms with Crippen LogP contribution in [0.5, 0.6) is 11.5 Å². The second-order valence-electron chi connectivity index (χ2n) is 5.58. The zero-order chi connectivity index (χ0) is 19.4. The van der Waals surface area contributed by atoms with Gasteiger partial charge in [-0.15, -0.1) is 0 Å². The Labute approximate surface area is 154 Å². The van der Waals surface area contributed by atoms with E-state index in [1.54, 1.807) is 31.2 Å². The van der Waals surface area contributed by atoms with Crippen LogP contribution in [0.4, 0.5) is 4.39 Å². The van der Waals surface area contributed by atoms with Crippen LogP contribution in [0.25, 0.3) is 6.08 Å². The maximum absolute atomic E-state index is 13.3. The lowest BCUT2D eigenvalue weighted by atomic mass is 10.1. The molecule has 0 fully saturated rings. The number of benzene rings is 2. The number of nitrogens with zero attached hydrogens (tertiary/aromatic N) is 1. The van der Waals surface area contributed by atoms with Gasteiger partial charge in [-0.2, -0.15) is 0 Å². The average Bonchev–Trinajstić information content (AvgIpc) is 3.03. The molecule has 0 spiro atoms. The van der Waals surface area contributed by atoms with Crippen LogP contribution in [0.1, 0.15) is 24.5 Å². The topological polar surface area (TPSA) is 74.2 Å². The summed E-state index contributed by atoms with van der Waals surface area (Å²) in [5.41, 5.74) is 1.03. The van der Waals surface area contributed by atoms with E-state index in [0.29, 0.717) is 16.9 Å². The number of ether oxygens (including phenoxy) is 3. The number of methoxy groups -OCH3 is 1. The first-order valence-corrected chi connectivity index (χ1v) is 8.17. The maximum atomic E-state index is 13.3. The zero-order valence-electron chi connectivity index (χ0n) is 14.7. The van der Waals surface area contributed by atoms with Crippen LogP contribution in [0.3, 0.4) is 0 Å². The zero-order valence-corrected chi connectivity index (χ0v) is 14.7. The van der Waals surface area contributed by atoms with Gasteiger partial charge in [0.1, 0.15) is 5.82 Å². The van der Waals surface area contributed by atoms with Crippen LogP contribution in [0.2, 0.25) is 0 Å². The fourth-order valence-corrected chi connectivity index (χ4v) is 2.37. The highest BCUT2D eigenvalue weighted by molar-refractivity contribution is 6.12. The maximum Gasteiger partial charge on any atom is 0.363 e. The number of cyclic esters (lactones) is 1. The summed E-state index contributed by atoms with van der Waals surface area (Å²) < 4.78 is 28.9. The van der Waals surface area contributed by atoms with Crippen LogP contribution in [0.15, 0.2) is 53.2 Å². The van der Waals surface area contributed by atoms with Crippen molar-refractivity contribution >= 4 is 23.9 Å². The Balaban J connectivity index is 1.89. The lowest BCUT2D eigenvalue weighted by Gasteiger charge is -2.09. The minimum atomic E-state index is -0.644. The molecular weight excluding hydrogens is 353 g/mol. The standard InChI is InChI=1S/C20H16FNO5/c1-3-18(23)26-16-8-7-12(10-17(16)25-2)9-15-20(24)27-19(22-15)13-5-4-6-14(21)11-13/h4-11H,3H2,1-2H3/b15-9+. The van der Waals surface area contributed by atoms with Crippen molar-refractivity contribution in [1.29, 1.82) is 0 Å². The summed E-state index contributed by atoms with van der Waals surface area (Å²) in [6.45, 7) is 1.69. The molecule has 27 heavy (non-hydrogen) atoms. The Kier molecular flexibility index (Phi) is 5.30. The largest absolute Gasteiger partial charge is 0.493 e. The van der Waals surface area contributed by atoms with Crippen LogP contribution in [-0.2, 0) is 14.3 Å². The molecule has 0 N–H and O–H groups in total. The summed E-state index contributed by atoms with van der Waals surface area (Å²) >= 11 is 0.